The van der Waals surface area contributed by atoms with Crippen LogP contribution in [0.2, 0.25) is 0 Å². The molecule has 0 fully saturated rings. The van der Waals surface area contributed by atoms with Crippen molar-refractivity contribution in [3.05, 3.63) is 83.9 Å². The quantitative estimate of drug-likeness (QED) is 0.344. The largest absolute Gasteiger partial charge is 0.478 e. The van der Waals surface area contributed by atoms with E-state index in [1.807, 2.05) is 24.3 Å². The smallest absolute Gasteiger partial charge is 0.335 e. The van der Waals surface area contributed by atoms with Gasteiger partial charge in [-0.25, -0.2) is 9.59 Å². The predicted octanol–water partition coefficient (Wildman–Crippen LogP) is 5.87. The molecule has 0 unspecified atom stereocenters. The van der Waals surface area contributed by atoms with E-state index in [9.17, 15) is 9.59 Å². The maximum atomic E-state index is 12.4. The molecular weight excluding hydrogens is 420 g/mol. The van der Waals surface area contributed by atoms with Gasteiger partial charge in [-0.1, -0.05) is 32.0 Å². The molecule has 0 atom stereocenters. The Morgan fingerprint density at radius 2 is 1.45 bits per heavy atom. The lowest BCUT2D eigenvalue weighted by molar-refractivity contribution is 0.0697. The topological polar surface area (TPSA) is 117 Å². The van der Waals surface area contributed by atoms with Crippen LogP contribution in [0, 0.1) is 0 Å². The van der Waals surface area contributed by atoms with Crippen LogP contribution in [0.4, 0.5) is 16.2 Å². The lowest BCUT2D eigenvalue weighted by atomic mass is 10.0. The van der Waals surface area contributed by atoms with E-state index in [2.05, 4.69) is 34.7 Å². The third-order valence-electron chi connectivity index (χ3n) is 5.01. The van der Waals surface area contributed by atoms with E-state index in [4.69, 9.17) is 9.52 Å². The molecule has 3 N–H and O–H groups in total. The Morgan fingerprint density at radius 1 is 0.818 bits per heavy atom. The molecule has 0 aliphatic carbocycles. The van der Waals surface area contributed by atoms with Crippen molar-refractivity contribution in [3.8, 4) is 22.9 Å². The number of benzene rings is 3. The van der Waals surface area contributed by atoms with Crippen molar-refractivity contribution in [2.45, 2.75) is 19.8 Å². The van der Waals surface area contributed by atoms with Crippen molar-refractivity contribution in [1.82, 2.24) is 10.2 Å². The summed E-state index contributed by atoms with van der Waals surface area (Å²) in [6.07, 6.45) is 0. The number of carboxylic acids is 1. The first-order valence-electron chi connectivity index (χ1n) is 10.3. The Kier molecular flexibility index (Phi) is 6.17. The lowest BCUT2D eigenvalue weighted by Crippen LogP contribution is -2.19. The molecular formula is C25H22N4O4. The Hall–Kier alpha value is -4.46. The minimum atomic E-state index is -1.01. The third-order valence-corrected chi connectivity index (χ3v) is 5.01. The summed E-state index contributed by atoms with van der Waals surface area (Å²) in [4.78, 5) is 23.4. The van der Waals surface area contributed by atoms with Crippen molar-refractivity contribution in [2.75, 3.05) is 10.6 Å². The van der Waals surface area contributed by atoms with E-state index in [1.165, 1.54) is 17.7 Å². The summed E-state index contributed by atoms with van der Waals surface area (Å²) in [7, 11) is 0. The van der Waals surface area contributed by atoms with E-state index in [-0.39, 0.29) is 23.4 Å². The normalized spacial score (nSPS) is 10.8. The minimum Gasteiger partial charge on any atom is -0.478 e. The highest BCUT2D eigenvalue weighted by Gasteiger charge is 2.13. The van der Waals surface area contributed by atoms with Crippen molar-refractivity contribution in [1.29, 1.82) is 0 Å². The molecule has 1 heterocycles. The Balaban J connectivity index is 1.44. The fraction of sp³-hybridized carbons (Fsp3) is 0.120. The predicted molar refractivity (Wildman–Crippen MR) is 125 cm³/mol. The molecule has 4 aromatic rings. The van der Waals surface area contributed by atoms with Crippen molar-refractivity contribution in [2.24, 2.45) is 0 Å². The van der Waals surface area contributed by atoms with Crippen molar-refractivity contribution >= 4 is 23.4 Å². The molecule has 8 heteroatoms. The molecule has 0 radical (unpaired) electrons. The Morgan fingerprint density at radius 3 is 2.09 bits per heavy atom. The number of carbonyl (C=O) groups is 2. The summed E-state index contributed by atoms with van der Waals surface area (Å²) < 4.78 is 5.74. The van der Waals surface area contributed by atoms with E-state index in [1.54, 1.807) is 36.4 Å². The summed E-state index contributed by atoms with van der Waals surface area (Å²) >= 11 is 0. The van der Waals surface area contributed by atoms with Crippen LogP contribution in [0.25, 0.3) is 22.9 Å². The SMILES string of the molecule is CC(C)c1ccc(NC(=O)Nc2cccc(-c3nnc(-c4ccc(C(=O)O)cc4)o3)c2)cc1. The van der Waals surface area contributed by atoms with Crippen LogP contribution in [0.5, 0.6) is 0 Å². The number of carboxylic acid groups (broad SMARTS) is 1. The molecule has 33 heavy (non-hydrogen) atoms. The summed E-state index contributed by atoms with van der Waals surface area (Å²) in [5, 5.41) is 22.7. The number of nitrogens with one attached hydrogen (secondary N) is 2. The van der Waals surface area contributed by atoms with Crippen LogP contribution < -0.4 is 10.6 Å². The molecule has 4 rings (SSSR count). The third kappa shape index (κ3) is 5.24. The van der Waals surface area contributed by atoms with Gasteiger partial charge in [-0.3, -0.25) is 0 Å². The van der Waals surface area contributed by atoms with Gasteiger partial charge in [0, 0.05) is 22.5 Å². The first-order chi connectivity index (χ1) is 15.9. The van der Waals surface area contributed by atoms with Crippen molar-refractivity contribution < 1.29 is 19.1 Å². The first-order valence-corrected chi connectivity index (χ1v) is 10.3. The number of aromatic carboxylic acids is 1. The van der Waals surface area contributed by atoms with E-state index in [0.717, 1.165) is 0 Å². The van der Waals surface area contributed by atoms with Gasteiger partial charge in [0.25, 0.3) is 0 Å². The molecule has 0 aliphatic heterocycles. The molecule has 166 valence electrons. The van der Waals surface area contributed by atoms with Gasteiger partial charge in [-0.2, -0.15) is 0 Å². The van der Waals surface area contributed by atoms with Gasteiger partial charge in [-0.05, 0) is 66.1 Å². The molecule has 0 saturated carbocycles. The second-order valence-electron chi connectivity index (χ2n) is 7.73. The van der Waals surface area contributed by atoms with Crippen LogP contribution in [0.3, 0.4) is 0 Å². The zero-order valence-electron chi connectivity index (χ0n) is 18.1. The summed E-state index contributed by atoms with van der Waals surface area (Å²) in [6, 6.07) is 20.6. The zero-order valence-corrected chi connectivity index (χ0v) is 18.1. The highest BCUT2D eigenvalue weighted by molar-refractivity contribution is 6.00. The number of carbonyl (C=O) groups excluding carboxylic acids is 1. The van der Waals surface area contributed by atoms with Gasteiger partial charge in [0.2, 0.25) is 11.8 Å². The summed E-state index contributed by atoms with van der Waals surface area (Å²) in [5.74, 6) is -0.0397. The van der Waals surface area contributed by atoms with Gasteiger partial charge in [0.1, 0.15) is 0 Å². The molecule has 0 spiro atoms. The van der Waals surface area contributed by atoms with Gasteiger partial charge in [-0.15, -0.1) is 10.2 Å². The molecule has 2 amide bonds. The highest BCUT2D eigenvalue weighted by atomic mass is 16.4. The van der Waals surface area contributed by atoms with Gasteiger partial charge < -0.3 is 20.2 Å². The molecule has 3 aromatic carbocycles. The van der Waals surface area contributed by atoms with E-state index in [0.29, 0.717) is 28.4 Å². The number of nitrogens with zero attached hydrogens (tertiary/aromatic N) is 2. The van der Waals surface area contributed by atoms with Crippen LogP contribution in [-0.4, -0.2) is 27.3 Å². The van der Waals surface area contributed by atoms with Crippen LogP contribution in [0.15, 0.2) is 77.2 Å². The number of rotatable bonds is 6. The van der Waals surface area contributed by atoms with Crippen LogP contribution >= 0.6 is 0 Å². The molecule has 8 nitrogen and oxygen atoms in total. The average Bonchev–Trinajstić information content (AvgIpc) is 3.30. The molecule has 0 saturated heterocycles. The lowest BCUT2D eigenvalue weighted by Gasteiger charge is -2.10. The number of hydrogen-bond acceptors (Lipinski definition) is 5. The van der Waals surface area contributed by atoms with Gasteiger partial charge >= 0.3 is 12.0 Å². The van der Waals surface area contributed by atoms with Gasteiger partial charge in [0.05, 0.1) is 5.56 Å². The average molecular weight is 442 g/mol. The maximum Gasteiger partial charge on any atom is 0.335 e. The maximum absolute atomic E-state index is 12.4. The monoisotopic (exact) mass is 442 g/mol. The van der Waals surface area contributed by atoms with Gasteiger partial charge in [0.15, 0.2) is 0 Å². The van der Waals surface area contributed by atoms with Crippen LogP contribution in [0.1, 0.15) is 35.7 Å². The zero-order chi connectivity index (χ0) is 23.4. The highest BCUT2D eigenvalue weighted by Crippen LogP contribution is 2.26. The van der Waals surface area contributed by atoms with E-state index >= 15 is 0 Å². The first kappa shape index (κ1) is 21.8. The number of urea groups is 1. The second-order valence-corrected chi connectivity index (χ2v) is 7.73. The summed E-state index contributed by atoms with van der Waals surface area (Å²) in [6.45, 7) is 4.23. The number of aromatic nitrogens is 2. The van der Waals surface area contributed by atoms with Crippen LogP contribution in [-0.2, 0) is 0 Å². The van der Waals surface area contributed by atoms with Crippen molar-refractivity contribution in [3.63, 3.8) is 0 Å². The summed E-state index contributed by atoms with van der Waals surface area (Å²) in [5.41, 5.74) is 3.88. The molecule has 0 bridgehead atoms. The Labute approximate surface area is 190 Å². The Bertz CT molecular complexity index is 1280. The second kappa shape index (κ2) is 9.35. The van der Waals surface area contributed by atoms with E-state index < -0.39 is 5.97 Å². The fourth-order valence-electron chi connectivity index (χ4n) is 3.19. The number of hydrogen-bond donors (Lipinski definition) is 3. The number of anilines is 2. The number of amides is 2. The molecule has 0 aliphatic rings. The standard InChI is InChI=1S/C25H22N4O4/c1-15(2)16-10-12-20(13-11-16)26-25(32)27-21-5-3-4-19(14-21)23-29-28-22(33-23)17-6-8-18(9-7-17)24(30)31/h3-15H,1-2H3,(H,30,31)(H2,26,27,32). The minimum absolute atomic E-state index is 0.173. The molecule has 1 aromatic heterocycles. The fourth-order valence-corrected chi connectivity index (χ4v) is 3.19.